The molecule has 1 N–H and O–H groups in total. The quantitative estimate of drug-likeness (QED) is 0.749. The van der Waals surface area contributed by atoms with Crippen LogP contribution in [-0.4, -0.2) is 29.7 Å². The molecule has 3 aromatic rings. The number of halogens is 3. The summed E-state index contributed by atoms with van der Waals surface area (Å²) in [5, 5.41) is 17.5. The molecular weight excluding hydrogens is 351 g/mol. The fourth-order valence-corrected chi connectivity index (χ4v) is 2.29. The second-order valence-corrected chi connectivity index (χ2v) is 5.63. The average molecular weight is 367 g/mol. The van der Waals surface area contributed by atoms with E-state index in [1.807, 2.05) is 0 Å². The summed E-state index contributed by atoms with van der Waals surface area (Å²) in [5.74, 6) is 0.629. The lowest BCUT2D eigenvalue weighted by Crippen LogP contribution is -2.07. The van der Waals surface area contributed by atoms with Gasteiger partial charge in [0.1, 0.15) is 6.61 Å². The molecule has 3 aromatic heterocycles. The molecule has 0 unspecified atom stereocenters. The van der Waals surface area contributed by atoms with Crippen molar-refractivity contribution in [2.24, 2.45) is 7.05 Å². The molecule has 26 heavy (non-hydrogen) atoms. The molecular formula is C16H16F3N5O2. The Labute approximate surface area is 146 Å². The summed E-state index contributed by atoms with van der Waals surface area (Å²) in [6.07, 6.45) is -2.02. The van der Waals surface area contributed by atoms with E-state index < -0.39 is 11.7 Å². The number of aliphatic hydroxyl groups is 1. The van der Waals surface area contributed by atoms with Crippen molar-refractivity contribution in [2.75, 3.05) is 0 Å². The number of nitrogens with zero attached hydrogens (tertiary/aromatic N) is 5. The van der Waals surface area contributed by atoms with E-state index in [0.717, 1.165) is 17.8 Å². The van der Waals surface area contributed by atoms with Gasteiger partial charge in [-0.05, 0) is 19.1 Å². The van der Waals surface area contributed by atoms with Crippen molar-refractivity contribution in [3.8, 4) is 11.7 Å². The molecule has 0 aliphatic heterocycles. The van der Waals surface area contributed by atoms with Crippen LogP contribution in [0.15, 0.2) is 30.6 Å². The van der Waals surface area contributed by atoms with Gasteiger partial charge in [-0.15, -0.1) is 5.10 Å². The van der Waals surface area contributed by atoms with Crippen LogP contribution in [0.25, 0.3) is 5.82 Å². The Morgan fingerprint density at radius 2 is 2.00 bits per heavy atom. The van der Waals surface area contributed by atoms with Crippen LogP contribution >= 0.6 is 0 Å². The number of ether oxygens (including phenoxy) is 1. The third-order valence-electron chi connectivity index (χ3n) is 3.80. The van der Waals surface area contributed by atoms with Gasteiger partial charge in [0.2, 0.25) is 5.88 Å². The van der Waals surface area contributed by atoms with Crippen molar-refractivity contribution >= 4 is 0 Å². The summed E-state index contributed by atoms with van der Waals surface area (Å²) >= 11 is 0. The molecule has 0 fully saturated rings. The molecule has 0 amide bonds. The third kappa shape index (κ3) is 3.69. The summed E-state index contributed by atoms with van der Waals surface area (Å²) in [6.45, 7) is 1.79. The predicted octanol–water partition coefficient (Wildman–Crippen LogP) is 2.40. The van der Waals surface area contributed by atoms with E-state index in [4.69, 9.17) is 9.84 Å². The molecule has 0 bridgehead atoms. The van der Waals surface area contributed by atoms with Crippen molar-refractivity contribution in [3.63, 3.8) is 0 Å². The minimum atomic E-state index is -4.43. The van der Waals surface area contributed by atoms with Crippen LogP contribution in [0.4, 0.5) is 13.2 Å². The third-order valence-corrected chi connectivity index (χ3v) is 3.80. The first kappa shape index (κ1) is 17.9. The molecule has 138 valence electrons. The van der Waals surface area contributed by atoms with Crippen molar-refractivity contribution in [1.29, 1.82) is 0 Å². The molecule has 0 aromatic carbocycles. The van der Waals surface area contributed by atoms with Gasteiger partial charge in [0.05, 0.1) is 23.6 Å². The highest BCUT2D eigenvalue weighted by Crippen LogP contribution is 2.28. The zero-order chi connectivity index (χ0) is 18.9. The van der Waals surface area contributed by atoms with Gasteiger partial charge in [0.25, 0.3) is 0 Å². The highest BCUT2D eigenvalue weighted by atomic mass is 19.4. The average Bonchev–Trinajstić information content (AvgIpc) is 3.14. The number of aromatic nitrogens is 5. The van der Waals surface area contributed by atoms with Crippen molar-refractivity contribution in [3.05, 3.63) is 53.1 Å². The van der Waals surface area contributed by atoms with E-state index in [2.05, 4.69) is 15.2 Å². The Kier molecular flexibility index (Phi) is 4.68. The minimum Gasteiger partial charge on any atom is -0.472 e. The number of rotatable bonds is 5. The van der Waals surface area contributed by atoms with Gasteiger partial charge in [-0.3, -0.25) is 4.68 Å². The van der Waals surface area contributed by atoms with E-state index in [1.54, 1.807) is 26.2 Å². The molecule has 3 heterocycles. The van der Waals surface area contributed by atoms with Gasteiger partial charge in [0, 0.05) is 31.1 Å². The Morgan fingerprint density at radius 3 is 2.58 bits per heavy atom. The van der Waals surface area contributed by atoms with Crippen LogP contribution in [-0.2, 0) is 26.4 Å². The molecule has 0 spiro atoms. The largest absolute Gasteiger partial charge is 0.472 e. The molecule has 3 rings (SSSR count). The van der Waals surface area contributed by atoms with Gasteiger partial charge < -0.3 is 9.84 Å². The number of hydrogen-bond donors (Lipinski definition) is 1. The van der Waals surface area contributed by atoms with Gasteiger partial charge >= 0.3 is 6.18 Å². The standard InChI is InChI=1S/C16H16F3N5O2/c1-10-11(9-26-15-5-13(8-25)23(2)22-15)7-24(21-10)14-4-3-12(6-20-14)16(17,18)19/h3-7,25H,8-9H2,1-2H3. The van der Waals surface area contributed by atoms with E-state index in [1.165, 1.54) is 15.4 Å². The Bertz CT molecular complexity index is 900. The highest BCUT2D eigenvalue weighted by Gasteiger charge is 2.30. The van der Waals surface area contributed by atoms with Crippen molar-refractivity contribution in [1.82, 2.24) is 24.5 Å². The van der Waals surface area contributed by atoms with Crippen LogP contribution in [0.5, 0.6) is 5.88 Å². The normalized spacial score (nSPS) is 11.8. The van der Waals surface area contributed by atoms with E-state index >= 15 is 0 Å². The number of pyridine rings is 1. The van der Waals surface area contributed by atoms with E-state index in [9.17, 15) is 13.2 Å². The summed E-state index contributed by atoms with van der Waals surface area (Å²) < 4.78 is 46.3. The maximum absolute atomic E-state index is 12.6. The van der Waals surface area contributed by atoms with Crippen LogP contribution in [0.3, 0.4) is 0 Å². The number of aryl methyl sites for hydroxylation is 2. The SMILES string of the molecule is Cc1nn(-c2ccc(C(F)(F)F)cn2)cc1COc1cc(CO)n(C)n1. The molecule has 0 atom stereocenters. The molecule has 0 aliphatic rings. The lowest BCUT2D eigenvalue weighted by atomic mass is 10.3. The fraction of sp³-hybridized carbons (Fsp3) is 0.312. The minimum absolute atomic E-state index is 0.149. The fourth-order valence-electron chi connectivity index (χ4n) is 2.29. The summed E-state index contributed by atoms with van der Waals surface area (Å²) in [5.41, 5.74) is 1.19. The molecule has 0 saturated heterocycles. The molecule has 10 heteroatoms. The Balaban J connectivity index is 1.74. The van der Waals surface area contributed by atoms with Crippen LogP contribution in [0, 0.1) is 6.92 Å². The number of alkyl halides is 3. The maximum Gasteiger partial charge on any atom is 0.417 e. The van der Waals surface area contributed by atoms with Gasteiger partial charge in [0.15, 0.2) is 5.82 Å². The molecule has 0 radical (unpaired) electrons. The molecule has 7 nitrogen and oxygen atoms in total. The van der Waals surface area contributed by atoms with Crippen molar-refractivity contribution in [2.45, 2.75) is 26.3 Å². The Hall–Kier alpha value is -2.88. The number of hydrogen-bond acceptors (Lipinski definition) is 5. The first-order valence-electron chi connectivity index (χ1n) is 7.63. The zero-order valence-electron chi connectivity index (χ0n) is 14.0. The Morgan fingerprint density at radius 1 is 1.23 bits per heavy atom. The maximum atomic E-state index is 12.6. The van der Waals surface area contributed by atoms with Gasteiger partial charge in [-0.2, -0.15) is 18.3 Å². The van der Waals surface area contributed by atoms with Crippen molar-refractivity contribution < 1.29 is 23.0 Å². The lowest BCUT2D eigenvalue weighted by molar-refractivity contribution is -0.137. The summed E-state index contributed by atoms with van der Waals surface area (Å²) in [4.78, 5) is 3.81. The topological polar surface area (TPSA) is 78.0 Å². The zero-order valence-corrected chi connectivity index (χ0v) is 14.0. The van der Waals surface area contributed by atoms with E-state index in [-0.39, 0.29) is 19.0 Å². The van der Waals surface area contributed by atoms with Gasteiger partial charge in [-0.1, -0.05) is 0 Å². The van der Waals surface area contributed by atoms with Gasteiger partial charge in [-0.25, -0.2) is 9.67 Å². The smallest absolute Gasteiger partial charge is 0.417 e. The predicted molar refractivity (Wildman–Crippen MR) is 84.6 cm³/mol. The lowest BCUT2D eigenvalue weighted by Gasteiger charge is -2.06. The summed E-state index contributed by atoms with van der Waals surface area (Å²) in [6, 6.07) is 3.84. The first-order valence-corrected chi connectivity index (χ1v) is 7.63. The van der Waals surface area contributed by atoms with E-state index in [0.29, 0.717) is 17.3 Å². The van der Waals surface area contributed by atoms with Crippen LogP contribution in [0.2, 0.25) is 0 Å². The second kappa shape index (κ2) is 6.79. The van der Waals surface area contributed by atoms with Crippen LogP contribution in [0.1, 0.15) is 22.5 Å². The summed E-state index contributed by atoms with van der Waals surface area (Å²) in [7, 11) is 1.69. The molecule has 0 aliphatic carbocycles. The first-order chi connectivity index (χ1) is 12.3. The number of aliphatic hydroxyl groups excluding tert-OH is 1. The molecule has 0 saturated carbocycles. The second-order valence-electron chi connectivity index (χ2n) is 5.63. The van der Waals surface area contributed by atoms with Crippen LogP contribution < -0.4 is 4.74 Å². The highest BCUT2D eigenvalue weighted by molar-refractivity contribution is 5.29. The monoisotopic (exact) mass is 367 g/mol.